The van der Waals surface area contributed by atoms with Crippen molar-refractivity contribution in [3.05, 3.63) is 76.5 Å². The molecule has 0 spiro atoms. The van der Waals surface area contributed by atoms with E-state index in [1.54, 1.807) is 35.3 Å². The molecule has 2 aromatic heterocycles. The first-order valence-corrected chi connectivity index (χ1v) is 12.5. The van der Waals surface area contributed by atoms with Crippen LogP contribution in [-0.2, 0) is 0 Å². The molecule has 2 aromatic carbocycles. The van der Waals surface area contributed by atoms with Gasteiger partial charge in [-0.3, -0.25) is 4.98 Å². The first-order valence-electron chi connectivity index (χ1n) is 12.6. The van der Waals surface area contributed by atoms with Crippen LogP contribution in [0.4, 0.5) is 15.8 Å². The summed E-state index contributed by atoms with van der Waals surface area (Å²) < 4.78 is 25.0. The number of nitriles is 1. The minimum absolute atomic E-state index is 0.0373. The number of rotatable bonds is 8. The number of hydrogen-bond donors (Lipinski definition) is 2. The normalized spacial score (nSPS) is 18.2. The Balaban J connectivity index is 1.47. The summed E-state index contributed by atoms with van der Waals surface area (Å²) in [6.07, 6.45) is 8.36. The van der Waals surface area contributed by atoms with Crippen molar-refractivity contribution in [2.75, 3.05) is 10.6 Å². The van der Waals surface area contributed by atoms with Gasteiger partial charge >= 0.3 is 0 Å². The van der Waals surface area contributed by atoms with E-state index in [2.05, 4.69) is 38.9 Å². The van der Waals surface area contributed by atoms with Gasteiger partial charge in [-0.15, -0.1) is 5.10 Å². The van der Waals surface area contributed by atoms with E-state index in [1.165, 1.54) is 12.1 Å². The van der Waals surface area contributed by atoms with Gasteiger partial charge in [-0.1, -0.05) is 35.9 Å². The Morgan fingerprint density at radius 2 is 2.08 bits per heavy atom. The topological polar surface area (TPSA) is 91.5 Å². The van der Waals surface area contributed by atoms with Crippen molar-refractivity contribution in [3.8, 4) is 6.07 Å². The minimum Gasteiger partial charge on any atom is -0.378 e. The van der Waals surface area contributed by atoms with Crippen LogP contribution in [0.2, 0.25) is 5.02 Å². The summed E-state index contributed by atoms with van der Waals surface area (Å²) in [5, 5.41) is 26.3. The summed E-state index contributed by atoms with van der Waals surface area (Å²) in [4.78, 5) is 4.45. The van der Waals surface area contributed by atoms with E-state index in [-0.39, 0.29) is 5.54 Å². The number of nitrogens with zero attached hydrogens (tertiary/aromatic N) is 5. The molecule has 182 valence electrons. The molecule has 1 unspecified atom stereocenters. The lowest BCUT2D eigenvalue weighted by Crippen LogP contribution is -2.21. The van der Waals surface area contributed by atoms with Gasteiger partial charge in [-0.2, -0.15) is 5.26 Å². The van der Waals surface area contributed by atoms with Crippen LogP contribution >= 0.6 is 11.6 Å². The fourth-order valence-electron chi connectivity index (χ4n) is 4.49. The molecule has 0 radical (unpaired) electrons. The first-order chi connectivity index (χ1) is 17.8. The second kappa shape index (κ2) is 8.75. The molecule has 0 amide bonds. The van der Waals surface area contributed by atoms with E-state index in [4.69, 9.17) is 11.6 Å². The molecular weight excluding hydrogens is 477 g/mol. The summed E-state index contributed by atoms with van der Waals surface area (Å²) in [5.41, 5.74) is 3.07. The van der Waals surface area contributed by atoms with Crippen LogP contribution in [0.15, 0.2) is 48.8 Å². The lowest BCUT2D eigenvalue weighted by Gasteiger charge is -2.22. The molecule has 2 aliphatic rings. The fraction of sp³-hybridized carbons (Fsp3) is 0.333. The highest BCUT2D eigenvalue weighted by atomic mass is 35.5. The van der Waals surface area contributed by atoms with Gasteiger partial charge in [-0.05, 0) is 61.9 Å². The molecule has 0 aliphatic heterocycles. The molecular formula is C27H25ClFN7. The molecule has 1 atom stereocenters. The molecule has 2 fully saturated rings. The Hall–Kier alpha value is -3.70. The predicted octanol–water partition coefficient (Wildman–Crippen LogP) is 6.38. The molecule has 0 saturated heterocycles. The number of aromatic nitrogens is 4. The zero-order chi connectivity index (χ0) is 25.8. The maximum Gasteiger partial charge on any atom is 0.123 e. The Morgan fingerprint density at radius 1 is 1.31 bits per heavy atom. The Morgan fingerprint density at radius 3 is 2.75 bits per heavy atom. The molecule has 36 heavy (non-hydrogen) atoms. The molecule has 9 heteroatoms. The lowest BCUT2D eigenvalue weighted by molar-refractivity contribution is 0.610. The second-order valence-electron chi connectivity index (χ2n) is 9.59. The van der Waals surface area contributed by atoms with E-state index in [9.17, 15) is 11.0 Å². The van der Waals surface area contributed by atoms with Crippen molar-refractivity contribution < 1.29 is 5.76 Å². The van der Waals surface area contributed by atoms with Gasteiger partial charge in [0.2, 0.25) is 0 Å². The molecule has 6 rings (SSSR count). The number of halogens is 2. The average Bonchev–Trinajstić information content (AvgIpc) is 3.83. The van der Waals surface area contributed by atoms with Crippen LogP contribution in [0.5, 0.6) is 0 Å². The van der Waals surface area contributed by atoms with Crippen molar-refractivity contribution in [2.24, 2.45) is 0 Å². The smallest absolute Gasteiger partial charge is 0.123 e. The Bertz CT molecular complexity index is 1540. The summed E-state index contributed by atoms with van der Waals surface area (Å²) in [6, 6.07) is 10.3. The number of benzene rings is 2. The molecule has 0 bridgehead atoms. The fourth-order valence-corrected chi connectivity index (χ4v) is 4.76. The quantitative estimate of drug-likeness (QED) is 0.290. The van der Waals surface area contributed by atoms with E-state index in [0.29, 0.717) is 50.2 Å². The predicted molar refractivity (Wildman–Crippen MR) is 138 cm³/mol. The van der Waals surface area contributed by atoms with Gasteiger partial charge in [0.05, 0.1) is 41.4 Å². The second-order valence-corrected chi connectivity index (χ2v) is 10.0. The third-order valence-electron chi connectivity index (χ3n) is 7.06. The highest BCUT2D eigenvalue weighted by Crippen LogP contribution is 2.45. The van der Waals surface area contributed by atoms with Crippen molar-refractivity contribution in [1.82, 2.24) is 20.0 Å². The average molecular weight is 503 g/mol. The maximum absolute atomic E-state index is 13.8. The lowest BCUT2D eigenvalue weighted by atomic mass is 10.0. The first kappa shape index (κ1) is 21.6. The van der Waals surface area contributed by atoms with Crippen LogP contribution in [0, 0.1) is 17.1 Å². The zero-order valence-corrected chi connectivity index (χ0v) is 20.5. The van der Waals surface area contributed by atoms with Crippen molar-refractivity contribution in [1.29, 1.82) is 5.26 Å². The van der Waals surface area contributed by atoms with Gasteiger partial charge in [0.1, 0.15) is 17.6 Å². The molecule has 2 aliphatic carbocycles. The number of anilines is 2. The third-order valence-corrected chi connectivity index (χ3v) is 7.34. The monoisotopic (exact) mass is 502 g/mol. The van der Waals surface area contributed by atoms with Gasteiger partial charge < -0.3 is 10.6 Å². The SMILES string of the molecule is [2H]C(Nc1cc(Cl)c2ncc(C#N)c(NC3(CC)CC3)c2c1)(c1ccc(F)cc1)c1cn(C2CC2)nn1. The van der Waals surface area contributed by atoms with Crippen LogP contribution in [0.25, 0.3) is 10.9 Å². The van der Waals surface area contributed by atoms with Gasteiger partial charge in [0.25, 0.3) is 0 Å². The van der Waals surface area contributed by atoms with Crippen molar-refractivity contribution in [3.63, 3.8) is 0 Å². The van der Waals surface area contributed by atoms with E-state index in [1.807, 2.05) is 6.07 Å². The Kier molecular flexibility index (Phi) is 5.24. The van der Waals surface area contributed by atoms with Crippen LogP contribution in [0.1, 0.15) is 69.3 Å². The van der Waals surface area contributed by atoms with Crippen molar-refractivity contribution >= 4 is 33.9 Å². The largest absolute Gasteiger partial charge is 0.378 e. The molecule has 2 N–H and O–H groups in total. The number of fused-ring (bicyclic) bond motifs is 1. The summed E-state index contributed by atoms with van der Waals surface area (Å²) in [6.45, 7) is 2.13. The summed E-state index contributed by atoms with van der Waals surface area (Å²) >= 11 is 6.69. The van der Waals surface area contributed by atoms with Crippen molar-refractivity contribution in [2.45, 2.75) is 56.6 Å². The molecule has 2 saturated carbocycles. The van der Waals surface area contributed by atoms with Crippen LogP contribution in [0.3, 0.4) is 0 Å². The zero-order valence-electron chi connectivity index (χ0n) is 20.7. The van der Waals surface area contributed by atoms with Crippen LogP contribution in [-0.4, -0.2) is 25.5 Å². The number of pyridine rings is 1. The van der Waals surface area contributed by atoms with E-state index in [0.717, 1.165) is 32.1 Å². The highest BCUT2D eigenvalue weighted by molar-refractivity contribution is 6.35. The number of hydrogen-bond acceptors (Lipinski definition) is 6. The van der Waals surface area contributed by atoms with Gasteiger partial charge in [-0.25, -0.2) is 9.07 Å². The van der Waals surface area contributed by atoms with E-state index >= 15 is 0 Å². The standard InChI is InChI=1S/C27H25ClFN7/c1-2-27(9-10-27)33-24-17(13-30)14-31-26-21(24)11-19(12-22(26)28)32-25(16-3-5-18(29)6-4-16)23-15-36(35-34-23)20-7-8-20/h3-6,11-12,14-15,20,25,32H,2,7-10H2,1H3,(H,31,33)/i25D. The summed E-state index contributed by atoms with van der Waals surface area (Å²) in [5.74, 6) is -0.391. The Labute approximate surface area is 214 Å². The maximum atomic E-state index is 13.8. The molecule has 2 heterocycles. The van der Waals surface area contributed by atoms with Gasteiger partial charge in [0, 0.05) is 22.8 Å². The summed E-state index contributed by atoms with van der Waals surface area (Å²) in [7, 11) is 0. The minimum atomic E-state index is -1.58. The third kappa shape index (κ3) is 4.24. The number of nitrogens with one attached hydrogen (secondary N) is 2. The molecule has 4 aromatic rings. The highest BCUT2D eigenvalue weighted by Gasteiger charge is 2.41. The van der Waals surface area contributed by atoms with Gasteiger partial charge in [0.15, 0.2) is 0 Å². The molecule has 7 nitrogen and oxygen atoms in total. The van der Waals surface area contributed by atoms with E-state index < -0.39 is 11.8 Å². The van der Waals surface area contributed by atoms with Crippen LogP contribution < -0.4 is 10.6 Å².